The number of anilines is 1. The second-order valence-corrected chi connectivity index (χ2v) is 10.8. The number of ether oxygens (including phenoxy) is 3. The third kappa shape index (κ3) is 4.46. The fourth-order valence-electron chi connectivity index (χ4n) is 5.03. The number of carbonyl (C=O) groups is 1. The van der Waals surface area contributed by atoms with Gasteiger partial charge in [0, 0.05) is 36.1 Å². The predicted molar refractivity (Wildman–Crippen MR) is 134 cm³/mol. The van der Waals surface area contributed by atoms with E-state index in [1.165, 1.54) is 12.5 Å². The van der Waals surface area contributed by atoms with E-state index in [0.717, 1.165) is 57.9 Å². The van der Waals surface area contributed by atoms with Crippen molar-refractivity contribution in [2.24, 2.45) is 0 Å². The van der Waals surface area contributed by atoms with Crippen molar-refractivity contribution >= 4 is 34.0 Å². The number of thiazole rings is 1. The van der Waals surface area contributed by atoms with E-state index in [0.29, 0.717) is 6.54 Å². The van der Waals surface area contributed by atoms with E-state index in [2.05, 4.69) is 28.4 Å². The molecular weight excluding hydrogens is 486 g/mol. The second-order valence-electron chi connectivity index (χ2n) is 9.28. The van der Waals surface area contributed by atoms with Gasteiger partial charge in [-0.2, -0.15) is 0 Å². The maximum atomic E-state index is 11.5. The van der Waals surface area contributed by atoms with Gasteiger partial charge >= 0.3 is 5.97 Å². The maximum absolute atomic E-state index is 11.5. The van der Waals surface area contributed by atoms with Crippen molar-refractivity contribution in [1.82, 2.24) is 9.88 Å². The average Bonchev–Trinajstić information content (AvgIpc) is 3.20. The lowest BCUT2D eigenvalue weighted by atomic mass is 10.0. The smallest absolute Gasteiger partial charge is 0.302 e. The number of benzene rings is 2. The van der Waals surface area contributed by atoms with Crippen molar-refractivity contribution in [3.8, 4) is 11.5 Å². The minimum atomic E-state index is -0.242. The van der Waals surface area contributed by atoms with Gasteiger partial charge in [0.25, 0.3) is 0 Å². The van der Waals surface area contributed by atoms with Gasteiger partial charge in [-0.05, 0) is 48.6 Å². The molecule has 3 aliphatic rings. The van der Waals surface area contributed by atoms with Crippen LogP contribution in [0.1, 0.15) is 48.2 Å². The number of rotatable bonds is 7. The van der Waals surface area contributed by atoms with Crippen LogP contribution in [-0.4, -0.2) is 41.8 Å². The number of esters is 1. The summed E-state index contributed by atoms with van der Waals surface area (Å²) in [4.78, 5) is 19.7. The largest absolute Gasteiger partial charge is 0.461 e. The summed E-state index contributed by atoms with van der Waals surface area (Å²) in [5.41, 5.74) is 2.08. The Kier molecular flexibility index (Phi) is 5.82. The number of nitrogens with one attached hydrogen (secondary N) is 1. The normalized spacial score (nSPS) is 21.0. The molecule has 2 aromatic carbocycles. The molecule has 0 spiro atoms. The van der Waals surface area contributed by atoms with E-state index in [1.54, 1.807) is 11.3 Å². The molecular formula is C26H26ClN3O4S. The van der Waals surface area contributed by atoms with Crippen LogP contribution in [0.4, 0.5) is 5.13 Å². The minimum Gasteiger partial charge on any atom is -0.461 e. The summed E-state index contributed by atoms with van der Waals surface area (Å²) in [5.74, 6) is 1.35. The fourth-order valence-corrected chi connectivity index (χ4v) is 6.33. The maximum Gasteiger partial charge on any atom is 0.302 e. The summed E-state index contributed by atoms with van der Waals surface area (Å²) in [6, 6.07) is 14.0. The first-order valence-corrected chi connectivity index (χ1v) is 13.0. The molecule has 35 heavy (non-hydrogen) atoms. The third-order valence-electron chi connectivity index (χ3n) is 6.89. The Bertz CT molecular complexity index is 1260. The molecule has 1 saturated carbocycles. The number of nitrogens with zero attached hydrogens (tertiary/aromatic N) is 2. The standard InChI is InChI=1S/C26H26ClN3O4S/c1-16(31)34-18-8-11-30(14-18)24(19-4-2-3-5-20(19)27)23-13-28-25(35-23)29-26(9-10-26)17-6-7-21-22(12-17)33-15-32-21/h2-7,12-13,18,24H,8-11,14-15H2,1H3,(H,28,29)/t18-,24?/m1/s1. The Morgan fingerprint density at radius 2 is 2.09 bits per heavy atom. The molecule has 9 heteroatoms. The van der Waals surface area contributed by atoms with Crippen LogP contribution in [-0.2, 0) is 15.1 Å². The number of halogens is 1. The van der Waals surface area contributed by atoms with E-state index in [1.807, 2.05) is 30.5 Å². The van der Waals surface area contributed by atoms with Gasteiger partial charge in [-0.1, -0.05) is 35.9 Å². The Hall–Kier alpha value is -2.81. The van der Waals surface area contributed by atoms with Crippen LogP contribution in [0.2, 0.25) is 5.02 Å². The zero-order valence-electron chi connectivity index (χ0n) is 19.3. The van der Waals surface area contributed by atoms with Gasteiger partial charge in [0.2, 0.25) is 6.79 Å². The molecule has 7 nitrogen and oxygen atoms in total. The van der Waals surface area contributed by atoms with Gasteiger partial charge in [-0.3, -0.25) is 9.69 Å². The van der Waals surface area contributed by atoms with Gasteiger partial charge in [0.15, 0.2) is 16.6 Å². The lowest BCUT2D eigenvalue weighted by Gasteiger charge is -2.27. The van der Waals surface area contributed by atoms with Crippen molar-refractivity contribution in [3.05, 3.63) is 69.7 Å². The van der Waals surface area contributed by atoms with Crippen LogP contribution in [0.3, 0.4) is 0 Å². The molecule has 1 N–H and O–H groups in total. The van der Waals surface area contributed by atoms with Crippen LogP contribution in [0.5, 0.6) is 11.5 Å². The highest BCUT2D eigenvalue weighted by molar-refractivity contribution is 7.15. The quantitative estimate of drug-likeness (QED) is 0.428. The van der Waals surface area contributed by atoms with Gasteiger partial charge in [0.1, 0.15) is 6.10 Å². The van der Waals surface area contributed by atoms with Crippen LogP contribution in [0.15, 0.2) is 48.7 Å². The van der Waals surface area contributed by atoms with Gasteiger partial charge < -0.3 is 19.5 Å². The van der Waals surface area contributed by atoms with Crippen molar-refractivity contribution in [1.29, 1.82) is 0 Å². The molecule has 1 unspecified atom stereocenters. The molecule has 3 heterocycles. The van der Waals surface area contributed by atoms with E-state index in [9.17, 15) is 4.79 Å². The van der Waals surface area contributed by atoms with Crippen molar-refractivity contribution < 1.29 is 19.0 Å². The SMILES string of the molecule is CC(=O)O[C@@H]1CCN(C(c2cnc(NC3(c4ccc5c(c4)OCO5)CC3)s2)c2ccccc2Cl)C1. The molecule has 6 rings (SSSR count). The average molecular weight is 512 g/mol. The first-order valence-electron chi connectivity index (χ1n) is 11.8. The molecule has 2 fully saturated rings. The summed E-state index contributed by atoms with van der Waals surface area (Å²) in [7, 11) is 0. The summed E-state index contributed by atoms with van der Waals surface area (Å²) in [5, 5.41) is 5.29. The highest BCUT2D eigenvalue weighted by Crippen LogP contribution is 2.51. The topological polar surface area (TPSA) is 72.9 Å². The van der Waals surface area contributed by atoms with Crippen LogP contribution < -0.4 is 14.8 Å². The highest BCUT2D eigenvalue weighted by atomic mass is 35.5. The van der Waals surface area contributed by atoms with E-state index < -0.39 is 0 Å². The lowest BCUT2D eigenvalue weighted by molar-refractivity contribution is -0.145. The predicted octanol–water partition coefficient (Wildman–Crippen LogP) is 5.35. The van der Waals surface area contributed by atoms with Crippen molar-refractivity contribution in [2.45, 2.75) is 43.9 Å². The summed E-state index contributed by atoms with van der Waals surface area (Å²) < 4.78 is 16.5. The van der Waals surface area contributed by atoms with Crippen LogP contribution >= 0.6 is 22.9 Å². The van der Waals surface area contributed by atoms with E-state index in [-0.39, 0.29) is 30.4 Å². The first kappa shape index (κ1) is 22.6. The molecule has 2 aliphatic heterocycles. The number of aromatic nitrogens is 1. The Balaban J connectivity index is 1.26. The minimum absolute atomic E-state index is 0.0574. The van der Waals surface area contributed by atoms with Gasteiger partial charge in [0.05, 0.1) is 11.6 Å². The van der Waals surface area contributed by atoms with Crippen LogP contribution in [0.25, 0.3) is 0 Å². The number of hydrogen-bond donors (Lipinski definition) is 1. The van der Waals surface area contributed by atoms with Crippen molar-refractivity contribution in [2.75, 3.05) is 25.2 Å². The molecule has 0 radical (unpaired) electrons. The van der Waals surface area contributed by atoms with Gasteiger partial charge in [-0.15, -0.1) is 11.3 Å². The highest BCUT2D eigenvalue weighted by Gasteiger charge is 2.46. The lowest BCUT2D eigenvalue weighted by Crippen LogP contribution is -2.29. The number of likely N-dealkylation sites (tertiary alicyclic amines) is 1. The van der Waals surface area contributed by atoms with Crippen LogP contribution in [0, 0.1) is 0 Å². The molecule has 0 bridgehead atoms. The number of carbonyl (C=O) groups excluding carboxylic acids is 1. The van der Waals surface area contributed by atoms with E-state index in [4.69, 9.17) is 30.8 Å². The molecule has 2 atom stereocenters. The summed E-state index contributed by atoms with van der Waals surface area (Å²) in [6.07, 6.45) is 4.70. The van der Waals surface area contributed by atoms with E-state index >= 15 is 0 Å². The monoisotopic (exact) mass is 511 g/mol. The first-order chi connectivity index (χ1) is 17.0. The second kappa shape index (κ2) is 9.00. The molecule has 0 amide bonds. The molecule has 1 aromatic heterocycles. The zero-order valence-corrected chi connectivity index (χ0v) is 20.9. The summed E-state index contributed by atoms with van der Waals surface area (Å²) in [6.45, 7) is 3.21. The molecule has 182 valence electrons. The van der Waals surface area contributed by atoms with Gasteiger partial charge in [-0.25, -0.2) is 4.98 Å². The number of fused-ring (bicyclic) bond motifs is 1. The fraction of sp³-hybridized carbons (Fsp3) is 0.385. The molecule has 3 aromatic rings. The Morgan fingerprint density at radius 1 is 1.26 bits per heavy atom. The Morgan fingerprint density at radius 3 is 2.89 bits per heavy atom. The third-order valence-corrected chi connectivity index (χ3v) is 8.20. The summed E-state index contributed by atoms with van der Waals surface area (Å²) >= 11 is 8.30. The zero-order chi connectivity index (χ0) is 24.0. The Labute approximate surface area is 213 Å². The number of hydrogen-bond acceptors (Lipinski definition) is 8. The molecule has 1 aliphatic carbocycles. The van der Waals surface area contributed by atoms with Crippen molar-refractivity contribution in [3.63, 3.8) is 0 Å². The molecule has 1 saturated heterocycles.